The Labute approximate surface area is 139 Å². The lowest BCUT2D eigenvalue weighted by atomic mass is 10.2. The van der Waals surface area contributed by atoms with Crippen molar-refractivity contribution in [1.29, 1.82) is 0 Å². The van der Waals surface area contributed by atoms with E-state index in [1.165, 1.54) is 0 Å². The molecule has 3 rings (SSSR count). The number of hydrogen-bond acceptors (Lipinski definition) is 4. The number of anilines is 1. The first kappa shape index (κ1) is 15.5. The molecule has 2 aromatic carbocycles. The summed E-state index contributed by atoms with van der Waals surface area (Å²) in [5.41, 5.74) is 0.770. The lowest BCUT2D eigenvalue weighted by Crippen LogP contribution is -2.40. The highest BCUT2D eigenvalue weighted by Crippen LogP contribution is 2.32. The van der Waals surface area contributed by atoms with Crippen molar-refractivity contribution >= 4 is 23.4 Å². The summed E-state index contributed by atoms with van der Waals surface area (Å²) in [6, 6.07) is 15.0. The molecule has 1 unspecified atom stereocenters. The highest BCUT2D eigenvalue weighted by molar-refractivity contribution is 7.99. The van der Waals surface area contributed by atoms with Gasteiger partial charge in [-0.25, -0.2) is 0 Å². The molecular formula is C18H17NO3S. The fraction of sp³-hybridized carbons (Fsp3) is 0.167. The predicted octanol–water partition coefficient (Wildman–Crippen LogP) is 3.74. The highest BCUT2D eigenvalue weighted by atomic mass is 32.2. The van der Waals surface area contributed by atoms with Crippen LogP contribution in [-0.2, 0) is 4.79 Å². The van der Waals surface area contributed by atoms with Gasteiger partial charge in [-0.05, 0) is 24.3 Å². The summed E-state index contributed by atoms with van der Waals surface area (Å²) in [5, 5.41) is 2.92. The maximum atomic E-state index is 12.5. The number of hydrogen-bond donors (Lipinski definition) is 1. The Hall–Kier alpha value is -2.40. The van der Waals surface area contributed by atoms with Gasteiger partial charge in [0, 0.05) is 10.6 Å². The summed E-state index contributed by atoms with van der Waals surface area (Å²) in [6.45, 7) is 3.92. The van der Waals surface area contributed by atoms with Crippen LogP contribution in [0.5, 0.6) is 11.5 Å². The number of nitrogens with one attached hydrogen (secondary N) is 1. The molecule has 5 heteroatoms. The van der Waals surface area contributed by atoms with E-state index in [1.807, 2.05) is 48.5 Å². The Bertz CT molecular complexity index is 717. The third-order valence-corrected chi connectivity index (χ3v) is 4.37. The van der Waals surface area contributed by atoms with Crippen LogP contribution in [0.25, 0.3) is 0 Å². The van der Waals surface area contributed by atoms with Crippen molar-refractivity contribution in [1.82, 2.24) is 0 Å². The Morgan fingerprint density at radius 1 is 1.22 bits per heavy atom. The molecular weight excluding hydrogens is 310 g/mol. The summed E-state index contributed by atoms with van der Waals surface area (Å²) < 4.78 is 11.3. The maximum Gasteiger partial charge on any atom is 0.269 e. The second kappa shape index (κ2) is 7.24. The minimum atomic E-state index is -0.664. The van der Waals surface area contributed by atoms with Gasteiger partial charge in [-0.2, -0.15) is 0 Å². The zero-order valence-corrected chi connectivity index (χ0v) is 13.3. The molecule has 4 nitrogen and oxygen atoms in total. The van der Waals surface area contributed by atoms with Crippen LogP contribution in [0.3, 0.4) is 0 Å². The normalized spacial score (nSPS) is 15.7. The van der Waals surface area contributed by atoms with Gasteiger partial charge in [0.05, 0.1) is 5.69 Å². The van der Waals surface area contributed by atoms with Gasteiger partial charge in [0.1, 0.15) is 6.61 Å². The van der Waals surface area contributed by atoms with Gasteiger partial charge in [-0.1, -0.05) is 30.3 Å². The Morgan fingerprint density at radius 3 is 2.78 bits per heavy atom. The van der Waals surface area contributed by atoms with E-state index in [1.54, 1.807) is 17.8 Å². The molecule has 1 aliphatic heterocycles. The molecule has 1 N–H and O–H groups in total. The first-order chi connectivity index (χ1) is 11.3. The SMILES string of the molecule is C=CCSc1ccccc1NC(=O)C1COc2ccccc2O1. The molecule has 0 bridgehead atoms. The number of carbonyl (C=O) groups excluding carboxylic acids is 1. The largest absolute Gasteiger partial charge is 0.485 e. The van der Waals surface area contributed by atoms with Crippen LogP contribution in [0.1, 0.15) is 0 Å². The first-order valence-electron chi connectivity index (χ1n) is 7.30. The van der Waals surface area contributed by atoms with E-state index in [-0.39, 0.29) is 12.5 Å². The standard InChI is InChI=1S/C18H17NO3S/c1-2-11-23-17-10-6-3-7-13(17)19-18(20)16-12-21-14-8-4-5-9-15(14)22-16/h2-10,16H,1,11-12H2,(H,19,20). The van der Waals surface area contributed by atoms with E-state index in [0.717, 1.165) is 16.3 Å². The molecule has 0 fully saturated rings. The molecule has 0 spiro atoms. The van der Waals surface area contributed by atoms with Crippen molar-refractivity contribution in [3.05, 3.63) is 61.2 Å². The van der Waals surface area contributed by atoms with E-state index in [4.69, 9.17) is 9.47 Å². The van der Waals surface area contributed by atoms with Gasteiger partial charge in [-0.15, -0.1) is 18.3 Å². The van der Waals surface area contributed by atoms with Gasteiger partial charge in [0.25, 0.3) is 5.91 Å². The molecule has 1 atom stereocenters. The van der Waals surface area contributed by atoms with Gasteiger partial charge in [0.15, 0.2) is 11.5 Å². The minimum Gasteiger partial charge on any atom is -0.485 e. The van der Waals surface area contributed by atoms with Crippen molar-refractivity contribution in [2.24, 2.45) is 0 Å². The molecule has 2 aromatic rings. The Kier molecular flexibility index (Phi) is 4.88. The van der Waals surface area contributed by atoms with Crippen LogP contribution >= 0.6 is 11.8 Å². The summed E-state index contributed by atoms with van der Waals surface area (Å²) in [5.74, 6) is 1.82. The molecule has 0 saturated heterocycles. The number of benzene rings is 2. The topological polar surface area (TPSA) is 47.6 Å². The number of ether oxygens (including phenoxy) is 2. The van der Waals surface area contributed by atoms with E-state index < -0.39 is 6.10 Å². The van der Waals surface area contributed by atoms with Crippen molar-refractivity contribution in [3.63, 3.8) is 0 Å². The fourth-order valence-corrected chi connectivity index (χ4v) is 2.95. The summed E-state index contributed by atoms with van der Waals surface area (Å²) in [4.78, 5) is 13.5. The number of carbonyl (C=O) groups is 1. The van der Waals surface area contributed by atoms with Crippen LogP contribution in [0.4, 0.5) is 5.69 Å². The molecule has 1 aliphatic rings. The average Bonchev–Trinajstić information content (AvgIpc) is 2.60. The van der Waals surface area contributed by atoms with Gasteiger partial charge < -0.3 is 14.8 Å². The van der Waals surface area contributed by atoms with Crippen LogP contribution < -0.4 is 14.8 Å². The Balaban J connectivity index is 1.70. The third kappa shape index (κ3) is 3.68. The zero-order chi connectivity index (χ0) is 16.1. The second-order valence-corrected chi connectivity index (χ2v) is 6.01. The summed E-state index contributed by atoms with van der Waals surface area (Å²) in [7, 11) is 0. The molecule has 0 aromatic heterocycles. The van der Waals surface area contributed by atoms with E-state index >= 15 is 0 Å². The predicted molar refractivity (Wildman–Crippen MR) is 92.3 cm³/mol. The zero-order valence-electron chi connectivity index (χ0n) is 12.5. The van der Waals surface area contributed by atoms with Gasteiger partial charge in [-0.3, -0.25) is 4.79 Å². The molecule has 0 saturated carbocycles. The quantitative estimate of drug-likeness (QED) is 0.671. The molecule has 0 radical (unpaired) electrons. The van der Waals surface area contributed by atoms with Crippen molar-refractivity contribution in [3.8, 4) is 11.5 Å². The van der Waals surface area contributed by atoms with Crippen molar-refractivity contribution in [2.45, 2.75) is 11.0 Å². The van der Waals surface area contributed by atoms with E-state index in [0.29, 0.717) is 11.5 Å². The number of para-hydroxylation sites is 3. The van der Waals surface area contributed by atoms with Crippen LogP contribution in [0.15, 0.2) is 66.1 Å². The number of amides is 1. The monoisotopic (exact) mass is 327 g/mol. The van der Waals surface area contributed by atoms with Crippen LogP contribution in [0.2, 0.25) is 0 Å². The van der Waals surface area contributed by atoms with Crippen molar-refractivity contribution < 1.29 is 14.3 Å². The minimum absolute atomic E-state index is 0.199. The van der Waals surface area contributed by atoms with Crippen LogP contribution in [0, 0.1) is 0 Å². The first-order valence-corrected chi connectivity index (χ1v) is 8.28. The van der Waals surface area contributed by atoms with Gasteiger partial charge >= 0.3 is 0 Å². The molecule has 118 valence electrons. The molecule has 23 heavy (non-hydrogen) atoms. The van der Waals surface area contributed by atoms with Gasteiger partial charge in [0.2, 0.25) is 6.10 Å². The summed E-state index contributed by atoms with van der Waals surface area (Å²) in [6.07, 6.45) is 1.17. The van der Waals surface area contributed by atoms with Crippen molar-refractivity contribution in [2.75, 3.05) is 17.7 Å². The molecule has 0 aliphatic carbocycles. The summed E-state index contributed by atoms with van der Waals surface area (Å²) >= 11 is 1.62. The smallest absolute Gasteiger partial charge is 0.269 e. The highest BCUT2D eigenvalue weighted by Gasteiger charge is 2.27. The van der Waals surface area contributed by atoms with E-state index in [9.17, 15) is 4.79 Å². The van der Waals surface area contributed by atoms with Crippen LogP contribution in [-0.4, -0.2) is 24.4 Å². The lowest BCUT2D eigenvalue weighted by Gasteiger charge is -2.25. The fourth-order valence-electron chi connectivity index (χ4n) is 2.21. The third-order valence-electron chi connectivity index (χ3n) is 3.30. The molecule has 1 amide bonds. The number of thioether (sulfide) groups is 1. The average molecular weight is 327 g/mol. The number of rotatable bonds is 5. The molecule has 1 heterocycles. The lowest BCUT2D eigenvalue weighted by molar-refractivity contribution is -0.125. The number of fused-ring (bicyclic) bond motifs is 1. The second-order valence-electron chi connectivity index (χ2n) is 4.95. The Morgan fingerprint density at radius 2 is 1.96 bits per heavy atom. The van der Waals surface area contributed by atoms with E-state index in [2.05, 4.69) is 11.9 Å². The maximum absolute atomic E-state index is 12.5.